The Hall–Kier alpha value is -3.74. The molecule has 1 aromatic heterocycles. The van der Waals surface area contributed by atoms with E-state index in [-0.39, 0.29) is 18.1 Å². The fraction of sp³-hybridized carbons (Fsp3) is 0.308. The molecule has 0 fully saturated rings. The molecule has 3 aromatic rings. The number of carbonyl (C=O) groups excluding carboxylic acids is 3. The molecule has 0 aliphatic rings. The predicted octanol–water partition coefficient (Wildman–Crippen LogP) is 4.60. The molecule has 33 heavy (non-hydrogen) atoms. The van der Waals surface area contributed by atoms with Crippen molar-refractivity contribution in [2.24, 2.45) is 5.41 Å². The zero-order valence-corrected chi connectivity index (χ0v) is 19.4. The summed E-state index contributed by atoms with van der Waals surface area (Å²) in [5.74, 6) is -0.857. The van der Waals surface area contributed by atoms with Crippen molar-refractivity contribution in [2.75, 3.05) is 5.32 Å². The van der Waals surface area contributed by atoms with Crippen molar-refractivity contribution in [2.45, 2.75) is 46.6 Å². The van der Waals surface area contributed by atoms with E-state index in [1.807, 2.05) is 57.3 Å². The van der Waals surface area contributed by atoms with Gasteiger partial charge < -0.3 is 10.1 Å². The number of rotatable bonds is 8. The lowest BCUT2D eigenvalue weighted by molar-refractivity contribution is -0.146. The minimum Gasteiger partial charge on any atom is -0.454 e. The molecular formula is C26H29N3O4. The Kier molecular flexibility index (Phi) is 7.43. The van der Waals surface area contributed by atoms with Crippen molar-refractivity contribution in [1.29, 1.82) is 0 Å². The topological polar surface area (TPSA) is 90.3 Å². The van der Waals surface area contributed by atoms with Gasteiger partial charge in [-0.05, 0) is 55.3 Å². The van der Waals surface area contributed by atoms with Crippen LogP contribution in [0.3, 0.4) is 0 Å². The summed E-state index contributed by atoms with van der Waals surface area (Å²) in [4.78, 5) is 37.0. The third-order valence-corrected chi connectivity index (χ3v) is 5.06. The smallest absolute Gasteiger partial charge is 0.306 e. The Balaban J connectivity index is 1.50. The first-order chi connectivity index (χ1) is 15.6. The standard InChI is InChI=1S/C26H29N3O4/c1-18(24(31)20-11-13-21(14-12-20)28-25(32)26(2,3)4)33-23(30)15-10-19-16-27-29(17-19)22-8-6-5-7-9-22/h5-9,11-14,16-18H,10,15H2,1-4H3,(H,28,32). The van der Waals surface area contributed by atoms with E-state index in [1.165, 1.54) is 0 Å². The van der Waals surface area contributed by atoms with Gasteiger partial charge in [-0.25, -0.2) is 4.68 Å². The van der Waals surface area contributed by atoms with Gasteiger partial charge in [0.2, 0.25) is 11.7 Å². The number of esters is 1. The van der Waals surface area contributed by atoms with Gasteiger partial charge in [0, 0.05) is 29.3 Å². The SMILES string of the molecule is CC(OC(=O)CCc1cnn(-c2ccccc2)c1)C(=O)c1ccc(NC(=O)C(C)(C)C)cc1. The molecule has 0 radical (unpaired) electrons. The number of Topliss-reactive ketones (excluding diaryl/α,β-unsaturated/α-hetero) is 1. The molecule has 1 unspecified atom stereocenters. The third kappa shape index (κ3) is 6.62. The molecule has 3 rings (SSSR count). The van der Waals surface area contributed by atoms with E-state index in [9.17, 15) is 14.4 Å². The fourth-order valence-electron chi connectivity index (χ4n) is 3.04. The molecule has 0 saturated heterocycles. The second kappa shape index (κ2) is 10.3. The van der Waals surface area contributed by atoms with Gasteiger partial charge in [0.15, 0.2) is 6.10 Å². The van der Waals surface area contributed by atoms with Crippen LogP contribution < -0.4 is 5.32 Å². The number of anilines is 1. The van der Waals surface area contributed by atoms with Crippen LogP contribution in [0.2, 0.25) is 0 Å². The van der Waals surface area contributed by atoms with Gasteiger partial charge >= 0.3 is 5.97 Å². The third-order valence-electron chi connectivity index (χ3n) is 5.06. The average Bonchev–Trinajstić information content (AvgIpc) is 3.27. The fourth-order valence-corrected chi connectivity index (χ4v) is 3.04. The Morgan fingerprint density at radius 1 is 1.03 bits per heavy atom. The van der Waals surface area contributed by atoms with Gasteiger partial charge in [0.1, 0.15) is 0 Å². The number of benzene rings is 2. The van der Waals surface area contributed by atoms with E-state index in [1.54, 1.807) is 42.1 Å². The number of para-hydroxylation sites is 1. The second-order valence-corrected chi connectivity index (χ2v) is 8.91. The zero-order chi connectivity index (χ0) is 24.0. The van der Waals surface area contributed by atoms with Crippen molar-refractivity contribution in [1.82, 2.24) is 9.78 Å². The van der Waals surface area contributed by atoms with E-state index in [0.717, 1.165) is 11.3 Å². The number of carbonyl (C=O) groups is 3. The van der Waals surface area contributed by atoms with E-state index >= 15 is 0 Å². The first-order valence-electron chi connectivity index (χ1n) is 10.9. The minimum atomic E-state index is -0.903. The molecule has 2 aromatic carbocycles. The molecule has 0 spiro atoms. The molecule has 7 nitrogen and oxygen atoms in total. The number of amides is 1. The van der Waals surface area contributed by atoms with E-state index < -0.39 is 17.5 Å². The van der Waals surface area contributed by atoms with Crippen molar-refractivity contribution in [3.8, 4) is 5.69 Å². The molecule has 0 aliphatic carbocycles. The highest BCUT2D eigenvalue weighted by Gasteiger charge is 2.22. The summed E-state index contributed by atoms with van der Waals surface area (Å²) in [6, 6.07) is 16.2. The van der Waals surface area contributed by atoms with Crippen LogP contribution in [0.15, 0.2) is 67.0 Å². The summed E-state index contributed by atoms with van der Waals surface area (Å²) in [5.41, 5.74) is 2.34. The van der Waals surface area contributed by atoms with Crippen LogP contribution in [0.25, 0.3) is 5.69 Å². The Labute approximate surface area is 193 Å². The summed E-state index contributed by atoms with van der Waals surface area (Å²) in [6.45, 7) is 7.03. The average molecular weight is 448 g/mol. The Bertz CT molecular complexity index is 1110. The normalized spacial score (nSPS) is 12.1. The summed E-state index contributed by atoms with van der Waals surface area (Å²) in [6.07, 6.45) is 3.30. The zero-order valence-electron chi connectivity index (χ0n) is 19.4. The van der Waals surface area contributed by atoms with Crippen molar-refractivity contribution >= 4 is 23.3 Å². The van der Waals surface area contributed by atoms with Crippen LogP contribution in [0, 0.1) is 5.41 Å². The van der Waals surface area contributed by atoms with Crippen LogP contribution in [0.4, 0.5) is 5.69 Å². The first-order valence-corrected chi connectivity index (χ1v) is 10.9. The van der Waals surface area contributed by atoms with Crippen LogP contribution >= 0.6 is 0 Å². The second-order valence-electron chi connectivity index (χ2n) is 8.91. The lowest BCUT2D eigenvalue weighted by atomic mass is 9.95. The summed E-state index contributed by atoms with van der Waals surface area (Å²) in [5, 5.41) is 7.13. The molecule has 0 aliphatic heterocycles. The molecule has 7 heteroatoms. The van der Waals surface area contributed by atoms with Gasteiger partial charge in [0.25, 0.3) is 0 Å². The van der Waals surface area contributed by atoms with Crippen molar-refractivity contribution in [3.05, 3.63) is 78.1 Å². The highest BCUT2D eigenvalue weighted by molar-refractivity contribution is 6.01. The number of aromatic nitrogens is 2. The van der Waals surface area contributed by atoms with E-state index in [0.29, 0.717) is 17.7 Å². The van der Waals surface area contributed by atoms with Crippen LogP contribution in [-0.2, 0) is 20.7 Å². The van der Waals surface area contributed by atoms with Gasteiger partial charge in [-0.3, -0.25) is 14.4 Å². The van der Waals surface area contributed by atoms with Gasteiger partial charge in [-0.1, -0.05) is 39.0 Å². The van der Waals surface area contributed by atoms with Crippen molar-refractivity contribution < 1.29 is 19.1 Å². The first kappa shape index (κ1) is 23.9. The van der Waals surface area contributed by atoms with E-state index in [4.69, 9.17) is 4.74 Å². The largest absolute Gasteiger partial charge is 0.454 e. The predicted molar refractivity (Wildman–Crippen MR) is 126 cm³/mol. The molecule has 1 atom stereocenters. The number of hydrogen-bond donors (Lipinski definition) is 1. The van der Waals surface area contributed by atoms with Gasteiger partial charge in [-0.2, -0.15) is 5.10 Å². The minimum absolute atomic E-state index is 0.113. The number of ketones is 1. The van der Waals surface area contributed by atoms with Gasteiger partial charge in [-0.15, -0.1) is 0 Å². The highest BCUT2D eigenvalue weighted by atomic mass is 16.5. The number of aryl methyl sites for hydroxylation is 1. The van der Waals surface area contributed by atoms with Gasteiger partial charge in [0.05, 0.1) is 11.9 Å². The van der Waals surface area contributed by atoms with Crippen LogP contribution in [-0.4, -0.2) is 33.5 Å². The number of ether oxygens (including phenoxy) is 1. The summed E-state index contributed by atoms with van der Waals surface area (Å²) in [7, 11) is 0. The summed E-state index contributed by atoms with van der Waals surface area (Å²) < 4.78 is 7.08. The molecule has 1 amide bonds. The van der Waals surface area contributed by atoms with Crippen LogP contribution in [0.5, 0.6) is 0 Å². The Morgan fingerprint density at radius 2 is 1.70 bits per heavy atom. The molecular weight excluding hydrogens is 418 g/mol. The lowest BCUT2D eigenvalue weighted by Crippen LogP contribution is -2.27. The van der Waals surface area contributed by atoms with Crippen LogP contribution in [0.1, 0.15) is 50.0 Å². The lowest BCUT2D eigenvalue weighted by Gasteiger charge is -2.18. The summed E-state index contributed by atoms with van der Waals surface area (Å²) >= 11 is 0. The molecule has 172 valence electrons. The highest BCUT2D eigenvalue weighted by Crippen LogP contribution is 2.18. The van der Waals surface area contributed by atoms with E-state index in [2.05, 4.69) is 10.4 Å². The number of nitrogens with zero attached hydrogens (tertiary/aromatic N) is 2. The molecule has 1 heterocycles. The monoisotopic (exact) mass is 447 g/mol. The molecule has 1 N–H and O–H groups in total. The maximum atomic E-state index is 12.6. The van der Waals surface area contributed by atoms with Crippen molar-refractivity contribution in [3.63, 3.8) is 0 Å². The number of hydrogen-bond acceptors (Lipinski definition) is 5. The quantitative estimate of drug-likeness (QED) is 0.402. The molecule has 0 saturated carbocycles. The maximum Gasteiger partial charge on any atom is 0.306 e. The maximum absolute atomic E-state index is 12.6. The number of nitrogens with one attached hydrogen (secondary N) is 1. The molecule has 0 bridgehead atoms. The Morgan fingerprint density at radius 3 is 2.33 bits per heavy atom.